The fourth-order valence-corrected chi connectivity index (χ4v) is 2.55. The van der Waals surface area contributed by atoms with E-state index in [2.05, 4.69) is 20.2 Å². The quantitative estimate of drug-likeness (QED) is 0.848. The van der Waals surface area contributed by atoms with Gasteiger partial charge in [0.05, 0.1) is 5.52 Å². The van der Waals surface area contributed by atoms with Crippen LogP contribution >= 0.6 is 0 Å². The predicted octanol–water partition coefficient (Wildman–Crippen LogP) is 2.09. The van der Waals surface area contributed by atoms with Crippen molar-refractivity contribution in [3.63, 3.8) is 0 Å². The van der Waals surface area contributed by atoms with E-state index in [1.807, 2.05) is 51.2 Å². The van der Waals surface area contributed by atoms with Gasteiger partial charge in [-0.1, -0.05) is 0 Å². The van der Waals surface area contributed by atoms with E-state index in [-0.39, 0.29) is 5.91 Å². The lowest BCUT2D eigenvalue weighted by Crippen LogP contribution is -2.33. The van der Waals surface area contributed by atoms with Crippen LogP contribution in [0.2, 0.25) is 0 Å². The van der Waals surface area contributed by atoms with E-state index >= 15 is 0 Å². The minimum absolute atomic E-state index is 0.0535. The normalized spacial score (nSPS) is 11.0. The van der Waals surface area contributed by atoms with Gasteiger partial charge in [-0.15, -0.1) is 0 Å². The molecule has 0 fully saturated rings. The molecule has 0 atom stereocenters. The number of amides is 1. The van der Waals surface area contributed by atoms with Crippen LogP contribution in [0.5, 0.6) is 0 Å². The van der Waals surface area contributed by atoms with Gasteiger partial charge in [-0.25, -0.2) is 9.97 Å². The fourth-order valence-electron chi connectivity index (χ4n) is 2.55. The molecule has 1 aromatic heterocycles. The topological polar surface area (TPSA) is 61.4 Å². The highest BCUT2D eigenvalue weighted by atomic mass is 16.2. The van der Waals surface area contributed by atoms with E-state index in [1.54, 1.807) is 0 Å². The third-order valence-corrected chi connectivity index (χ3v) is 3.82. The number of carbonyl (C=O) groups is 1. The standard InChI is InChI=1S/C17H25N5O/c1-5-22(10-6-9-21(3)4)17(23)13-7-8-14-15(11-13)19-12-20-16(14)18-2/h7-8,11-12H,5-6,9-10H2,1-4H3,(H,18,19,20). The summed E-state index contributed by atoms with van der Waals surface area (Å²) in [7, 11) is 5.91. The summed E-state index contributed by atoms with van der Waals surface area (Å²) in [6, 6.07) is 5.60. The second-order valence-electron chi connectivity index (χ2n) is 5.75. The Labute approximate surface area is 137 Å². The Kier molecular flexibility index (Phi) is 5.87. The van der Waals surface area contributed by atoms with E-state index in [9.17, 15) is 4.79 Å². The Bertz CT molecular complexity index is 671. The van der Waals surface area contributed by atoms with Crippen LogP contribution in [0.3, 0.4) is 0 Å². The number of nitrogens with zero attached hydrogens (tertiary/aromatic N) is 4. The molecule has 2 rings (SSSR count). The van der Waals surface area contributed by atoms with Crippen LogP contribution in [0.25, 0.3) is 10.9 Å². The summed E-state index contributed by atoms with van der Waals surface area (Å²) >= 11 is 0. The Hall–Kier alpha value is -2.21. The molecule has 2 aromatic rings. The average molecular weight is 315 g/mol. The molecule has 0 aliphatic heterocycles. The van der Waals surface area contributed by atoms with Gasteiger partial charge in [0.15, 0.2) is 0 Å². The highest BCUT2D eigenvalue weighted by Crippen LogP contribution is 2.20. The number of hydrogen-bond donors (Lipinski definition) is 1. The van der Waals surface area contributed by atoms with Crippen molar-refractivity contribution in [1.82, 2.24) is 19.8 Å². The molecular formula is C17H25N5O. The van der Waals surface area contributed by atoms with Gasteiger partial charge in [0.1, 0.15) is 12.1 Å². The van der Waals surface area contributed by atoms with E-state index in [1.165, 1.54) is 6.33 Å². The Morgan fingerprint density at radius 2 is 2.00 bits per heavy atom. The number of hydrogen-bond acceptors (Lipinski definition) is 5. The third kappa shape index (κ3) is 4.16. The van der Waals surface area contributed by atoms with Crippen molar-refractivity contribution >= 4 is 22.6 Å². The summed E-state index contributed by atoms with van der Waals surface area (Å²) in [4.78, 5) is 25.2. The second-order valence-corrected chi connectivity index (χ2v) is 5.75. The molecule has 1 heterocycles. The number of rotatable bonds is 7. The molecule has 0 aliphatic rings. The molecule has 6 heteroatoms. The van der Waals surface area contributed by atoms with Gasteiger partial charge in [0.2, 0.25) is 0 Å². The maximum atomic E-state index is 12.7. The number of fused-ring (bicyclic) bond motifs is 1. The maximum Gasteiger partial charge on any atom is 0.253 e. The lowest BCUT2D eigenvalue weighted by Gasteiger charge is -2.22. The molecule has 1 amide bonds. The Balaban J connectivity index is 2.19. The monoisotopic (exact) mass is 315 g/mol. The zero-order valence-corrected chi connectivity index (χ0v) is 14.3. The molecular weight excluding hydrogens is 290 g/mol. The average Bonchev–Trinajstić information content (AvgIpc) is 2.56. The Morgan fingerprint density at radius 3 is 2.65 bits per heavy atom. The summed E-state index contributed by atoms with van der Waals surface area (Å²) in [6.07, 6.45) is 2.48. The van der Waals surface area contributed by atoms with Crippen molar-refractivity contribution in [3.8, 4) is 0 Å². The summed E-state index contributed by atoms with van der Waals surface area (Å²) in [5, 5.41) is 3.96. The Morgan fingerprint density at radius 1 is 1.22 bits per heavy atom. The van der Waals surface area contributed by atoms with Gasteiger partial charge < -0.3 is 15.1 Å². The van der Waals surface area contributed by atoms with Crippen molar-refractivity contribution in [3.05, 3.63) is 30.1 Å². The first-order valence-corrected chi connectivity index (χ1v) is 7.93. The SMILES string of the molecule is CCN(CCCN(C)C)C(=O)c1ccc2c(NC)ncnc2c1. The fraction of sp³-hybridized carbons (Fsp3) is 0.471. The van der Waals surface area contributed by atoms with Gasteiger partial charge in [-0.2, -0.15) is 0 Å². The number of nitrogens with one attached hydrogen (secondary N) is 1. The van der Waals surface area contributed by atoms with Crippen LogP contribution in [0.1, 0.15) is 23.7 Å². The number of benzene rings is 1. The largest absolute Gasteiger partial charge is 0.373 e. The molecule has 0 saturated heterocycles. The lowest BCUT2D eigenvalue weighted by atomic mass is 10.1. The summed E-state index contributed by atoms with van der Waals surface area (Å²) in [5.74, 6) is 0.824. The van der Waals surface area contributed by atoms with Crippen LogP contribution in [0, 0.1) is 0 Å². The summed E-state index contributed by atoms with van der Waals surface area (Å²) in [5.41, 5.74) is 1.45. The molecule has 0 radical (unpaired) electrons. The van der Waals surface area contributed by atoms with E-state index in [0.29, 0.717) is 12.1 Å². The summed E-state index contributed by atoms with van der Waals surface area (Å²) < 4.78 is 0. The highest BCUT2D eigenvalue weighted by molar-refractivity contribution is 5.99. The number of aromatic nitrogens is 2. The van der Waals surface area contributed by atoms with E-state index in [0.717, 1.165) is 36.2 Å². The molecule has 0 spiro atoms. The molecule has 124 valence electrons. The van der Waals surface area contributed by atoms with Crippen molar-refractivity contribution in [2.24, 2.45) is 0 Å². The van der Waals surface area contributed by atoms with Gasteiger partial charge in [-0.3, -0.25) is 4.79 Å². The molecule has 23 heavy (non-hydrogen) atoms. The van der Waals surface area contributed by atoms with Crippen LogP contribution < -0.4 is 5.32 Å². The zero-order chi connectivity index (χ0) is 16.8. The van der Waals surface area contributed by atoms with Gasteiger partial charge in [0, 0.05) is 31.1 Å². The van der Waals surface area contributed by atoms with Crippen molar-refractivity contribution in [2.45, 2.75) is 13.3 Å². The van der Waals surface area contributed by atoms with Crippen molar-refractivity contribution in [2.75, 3.05) is 46.1 Å². The minimum atomic E-state index is 0.0535. The number of anilines is 1. The molecule has 0 bridgehead atoms. The number of carbonyl (C=O) groups excluding carboxylic acids is 1. The second kappa shape index (κ2) is 7.87. The van der Waals surface area contributed by atoms with Gasteiger partial charge >= 0.3 is 0 Å². The molecule has 6 nitrogen and oxygen atoms in total. The first kappa shape index (κ1) is 17.1. The summed E-state index contributed by atoms with van der Waals surface area (Å²) in [6.45, 7) is 4.45. The van der Waals surface area contributed by atoms with Gasteiger partial charge in [-0.05, 0) is 52.2 Å². The van der Waals surface area contributed by atoms with Crippen LogP contribution in [0.4, 0.5) is 5.82 Å². The first-order valence-electron chi connectivity index (χ1n) is 7.93. The van der Waals surface area contributed by atoms with Crippen LogP contribution in [-0.2, 0) is 0 Å². The lowest BCUT2D eigenvalue weighted by molar-refractivity contribution is 0.0759. The zero-order valence-electron chi connectivity index (χ0n) is 14.3. The molecule has 1 aromatic carbocycles. The predicted molar refractivity (Wildman–Crippen MR) is 93.8 cm³/mol. The van der Waals surface area contributed by atoms with E-state index < -0.39 is 0 Å². The smallest absolute Gasteiger partial charge is 0.253 e. The van der Waals surface area contributed by atoms with Crippen LogP contribution in [0.15, 0.2) is 24.5 Å². The highest BCUT2D eigenvalue weighted by Gasteiger charge is 2.15. The van der Waals surface area contributed by atoms with E-state index in [4.69, 9.17) is 0 Å². The molecule has 0 saturated carbocycles. The van der Waals surface area contributed by atoms with Gasteiger partial charge in [0.25, 0.3) is 5.91 Å². The van der Waals surface area contributed by atoms with Crippen LogP contribution in [-0.4, -0.2) is 66.5 Å². The minimum Gasteiger partial charge on any atom is -0.373 e. The molecule has 1 N–H and O–H groups in total. The van der Waals surface area contributed by atoms with Crippen molar-refractivity contribution in [1.29, 1.82) is 0 Å². The van der Waals surface area contributed by atoms with Crippen molar-refractivity contribution < 1.29 is 4.79 Å². The first-order chi connectivity index (χ1) is 11.1. The maximum absolute atomic E-state index is 12.7. The molecule has 0 aliphatic carbocycles. The third-order valence-electron chi connectivity index (χ3n) is 3.82. The molecule has 0 unspecified atom stereocenters.